The van der Waals surface area contributed by atoms with E-state index in [9.17, 15) is 4.79 Å². The third-order valence-electron chi connectivity index (χ3n) is 3.27. The van der Waals surface area contributed by atoms with Gasteiger partial charge in [-0.2, -0.15) is 0 Å². The normalized spacial score (nSPS) is 10.2. The van der Waals surface area contributed by atoms with Crippen LogP contribution in [-0.4, -0.2) is 17.6 Å². The number of benzene rings is 2. The van der Waals surface area contributed by atoms with Crippen LogP contribution in [0.4, 0.5) is 5.69 Å². The Hall–Kier alpha value is -1.63. The molecule has 0 bridgehead atoms. The number of unbranched alkanes of at least 4 members (excludes halogenated alkanes) is 1. The van der Waals surface area contributed by atoms with Crippen LogP contribution in [0.3, 0.4) is 0 Å². The van der Waals surface area contributed by atoms with Crippen LogP contribution >= 0.6 is 39.7 Å². The molecule has 0 radical (unpaired) electrons. The fourth-order valence-corrected chi connectivity index (χ4v) is 2.70. The van der Waals surface area contributed by atoms with Crippen molar-refractivity contribution in [2.45, 2.75) is 19.8 Å². The molecular weight excluding hydrogens is 424 g/mol. The molecule has 0 fully saturated rings. The van der Waals surface area contributed by atoms with Crippen LogP contribution in [0.15, 0.2) is 46.9 Å². The summed E-state index contributed by atoms with van der Waals surface area (Å²) in [6.45, 7) is 2.64. The first kappa shape index (κ1) is 19.7. The van der Waals surface area contributed by atoms with Crippen LogP contribution in [0.5, 0.6) is 5.75 Å². The first-order chi connectivity index (χ1) is 12.0. The zero-order chi connectivity index (χ0) is 18.2. The third kappa shape index (κ3) is 6.30. The Morgan fingerprint density at radius 1 is 1.24 bits per heavy atom. The van der Waals surface area contributed by atoms with Crippen molar-refractivity contribution in [3.8, 4) is 5.75 Å². The van der Waals surface area contributed by atoms with Gasteiger partial charge in [0.2, 0.25) is 0 Å². The predicted octanol–water partition coefficient (Wildman–Crippen LogP) is 5.41. The lowest BCUT2D eigenvalue weighted by Crippen LogP contribution is -2.34. The molecule has 0 atom stereocenters. The number of ether oxygens (including phenoxy) is 1. The van der Waals surface area contributed by atoms with Gasteiger partial charge in [-0.15, -0.1) is 0 Å². The Balaban J connectivity index is 2.04. The van der Waals surface area contributed by atoms with Gasteiger partial charge >= 0.3 is 0 Å². The standard InChI is InChI=1S/C18H18BrClN2O2S/c1-2-3-10-24-16-9-4-12(19)11-15(16)17(23)22-18(25)21-14-7-5-13(20)6-8-14/h4-9,11H,2-3,10H2,1H3,(H2,21,22,23,25). The first-order valence-corrected chi connectivity index (χ1v) is 9.37. The number of nitrogens with one attached hydrogen (secondary N) is 2. The minimum Gasteiger partial charge on any atom is -0.493 e. The van der Waals surface area contributed by atoms with Crippen molar-refractivity contribution in [3.05, 3.63) is 57.5 Å². The number of hydrogen-bond acceptors (Lipinski definition) is 3. The number of thiocarbonyl (C=S) groups is 1. The van der Waals surface area contributed by atoms with Gasteiger partial charge in [0.25, 0.3) is 5.91 Å². The Morgan fingerprint density at radius 2 is 1.96 bits per heavy atom. The molecule has 0 saturated heterocycles. The highest BCUT2D eigenvalue weighted by Crippen LogP contribution is 2.23. The molecule has 0 unspecified atom stereocenters. The third-order valence-corrected chi connectivity index (χ3v) is 4.22. The van der Waals surface area contributed by atoms with E-state index in [2.05, 4.69) is 33.5 Å². The van der Waals surface area contributed by atoms with Crippen LogP contribution in [0, 0.1) is 0 Å². The number of carbonyl (C=O) groups excluding carboxylic acids is 1. The van der Waals surface area contributed by atoms with E-state index in [0.717, 1.165) is 23.0 Å². The van der Waals surface area contributed by atoms with E-state index in [4.69, 9.17) is 28.6 Å². The molecule has 0 aliphatic heterocycles. The smallest absolute Gasteiger partial charge is 0.261 e. The summed E-state index contributed by atoms with van der Waals surface area (Å²) in [4.78, 5) is 12.5. The SMILES string of the molecule is CCCCOc1ccc(Br)cc1C(=O)NC(=S)Nc1ccc(Cl)cc1. The first-order valence-electron chi connectivity index (χ1n) is 7.80. The molecule has 1 amide bonds. The Bertz CT molecular complexity index is 753. The summed E-state index contributed by atoms with van der Waals surface area (Å²) >= 11 is 14.4. The molecule has 132 valence electrons. The summed E-state index contributed by atoms with van der Waals surface area (Å²) in [6, 6.07) is 12.3. The van der Waals surface area contributed by atoms with E-state index < -0.39 is 0 Å². The highest BCUT2D eigenvalue weighted by Gasteiger charge is 2.15. The largest absolute Gasteiger partial charge is 0.493 e. The monoisotopic (exact) mass is 440 g/mol. The molecule has 0 aliphatic carbocycles. The fraction of sp³-hybridized carbons (Fsp3) is 0.222. The molecule has 0 aliphatic rings. The van der Waals surface area contributed by atoms with E-state index in [1.807, 2.05) is 6.07 Å². The zero-order valence-electron chi connectivity index (χ0n) is 13.6. The fourth-order valence-electron chi connectivity index (χ4n) is 2.00. The number of halogens is 2. The van der Waals surface area contributed by atoms with E-state index in [1.54, 1.807) is 36.4 Å². The van der Waals surface area contributed by atoms with Crippen molar-refractivity contribution in [2.75, 3.05) is 11.9 Å². The van der Waals surface area contributed by atoms with Crippen LogP contribution in [-0.2, 0) is 0 Å². The Morgan fingerprint density at radius 3 is 2.64 bits per heavy atom. The summed E-state index contributed by atoms with van der Waals surface area (Å²) in [6.07, 6.45) is 1.95. The molecular formula is C18H18BrClN2O2S. The van der Waals surface area contributed by atoms with Crippen LogP contribution in [0.2, 0.25) is 5.02 Å². The van der Waals surface area contributed by atoms with E-state index >= 15 is 0 Å². The van der Waals surface area contributed by atoms with E-state index in [-0.39, 0.29) is 11.0 Å². The summed E-state index contributed by atoms with van der Waals surface area (Å²) < 4.78 is 6.50. The minimum atomic E-state index is -0.334. The number of hydrogen-bond donors (Lipinski definition) is 2. The van der Waals surface area contributed by atoms with Gasteiger partial charge in [0.1, 0.15) is 5.75 Å². The summed E-state index contributed by atoms with van der Waals surface area (Å²) in [5.74, 6) is 0.197. The highest BCUT2D eigenvalue weighted by molar-refractivity contribution is 9.10. The van der Waals surface area contributed by atoms with Gasteiger partial charge in [0.05, 0.1) is 12.2 Å². The quantitative estimate of drug-likeness (QED) is 0.465. The average molecular weight is 442 g/mol. The molecule has 2 rings (SSSR count). The van der Waals surface area contributed by atoms with Crippen molar-refractivity contribution in [1.29, 1.82) is 0 Å². The van der Waals surface area contributed by atoms with Crippen molar-refractivity contribution in [3.63, 3.8) is 0 Å². The molecule has 25 heavy (non-hydrogen) atoms. The van der Waals surface area contributed by atoms with Crippen molar-refractivity contribution < 1.29 is 9.53 Å². The van der Waals surface area contributed by atoms with Gasteiger partial charge in [-0.25, -0.2) is 0 Å². The Kier molecular flexibility index (Phi) is 7.68. The zero-order valence-corrected chi connectivity index (χ0v) is 16.8. The highest BCUT2D eigenvalue weighted by atomic mass is 79.9. The number of anilines is 1. The molecule has 2 aromatic carbocycles. The maximum atomic E-state index is 12.5. The summed E-state index contributed by atoms with van der Waals surface area (Å²) in [5.41, 5.74) is 1.16. The lowest BCUT2D eigenvalue weighted by atomic mass is 10.2. The van der Waals surface area contributed by atoms with Crippen molar-refractivity contribution in [2.24, 2.45) is 0 Å². The summed E-state index contributed by atoms with van der Waals surface area (Å²) in [5, 5.41) is 6.44. The molecule has 2 N–H and O–H groups in total. The molecule has 4 nitrogen and oxygen atoms in total. The molecule has 0 saturated carbocycles. The molecule has 0 aromatic heterocycles. The maximum Gasteiger partial charge on any atom is 0.261 e. The Labute approximate surface area is 166 Å². The van der Waals surface area contributed by atoms with Gasteiger partial charge in [-0.3, -0.25) is 10.1 Å². The van der Waals surface area contributed by atoms with Gasteiger partial charge in [-0.1, -0.05) is 40.9 Å². The predicted molar refractivity (Wildman–Crippen MR) is 110 cm³/mol. The number of carbonyl (C=O) groups is 1. The molecule has 7 heteroatoms. The molecule has 2 aromatic rings. The molecule has 0 heterocycles. The second kappa shape index (κ2) is 9.75. The lowest BCUT2D eigenvalue weighted by Gasteiger charge is -2.13. The summed E-state index contributed by atoms with van der Waals surface area (Å²) in [7, 11) is 0. The van der Waals surface area contributed by atoms with Gasteiger partial charge in [0, 0.05) is 15.2 Å². The minimum absolute atomic E-state index is 0.201. The lowest BCUT2D eigenvalue weighted by molar-refractivity contribution is 0.0973. The van der Waals surface area contributed by atoms with Crippen LogP contribution in [0.1, 0.15) is 30.1 Å². The van der Waals surface area contributed by atoms with Gasteiger partial charge < -0.3 is 10.1 Å². The average Bonchev–Trinajstić information content (AvgIpc) is 2.58. The second-order valence-electron chi connectivity index (χ2n) is 5.26. The topological polar surface area (TPSA) is 50.4 Å². The number of rotatable bonds is 6. The van der Waals surface area contributed by atoms with Crippen molar-refractivity contribution >= 4 is 56.5 Å². The molecule has 0 spiro atoms. The van der Waals surface area contributed by atoms with Crippen LogP contribution in [0.25, 0.3) is 0 Å². The van der Waals surface area contributed by atoms with E-state index in [0.29, 0.717) is 22.9 Å². The van der Waals surface area contributed by atoms with E-state index in [1.165, 1.54) is 0 Å². The van der Waals surface area contributed by atoms with Gasteiger partial charge in [-0.05, 0) is 61.1 Å². The second-order valence-corrected chi connectivity index (χ2v) is 7.02. The van der Waals surface area contributed by atoms with Crippen LogP contribution < -0.4 is 15.4 Å². The van der Waals surface area contributed by atoms with Gasteiger partial charge in [0.15, 0.2) is 5.11 Å². The number of amides is 1. The maximum absolute atomic E-state index is 12.5. The van der Waals surface area contributed by atoms with Crippen molar-refractivity contribution in [1.82, 2.24) is 5.32 Å².